The Kier molecular flexibility index (Phi) is 19.5. The number of carbonyl (C=O) groups excluding carboxylic acids is 1. The Morgan fingerprint density at radius 1 is 0.806 bits per heavy atom. The summed E-state index contributed by atoms with van der Waals surface area (Å²) in [7, 11) is 0. The average molecular weight is 439 g/mol. The van der Waals surface area contributed by atoms with Gasteiger partial charge >= 0.3 is 0 Å². The molecule has 4 nitrogen and oxygen atoms in total. The predicted molar refractivity (Wildman–Crippen MR) is 133 cm³/mol. The van der Waals surface area contributed by atoms with Crippen LogP contribution in [-0.4, -0.2) is 53.7 Å². The number of piperidine rings is 1. The summed E-state index contributed by atoms with van der Waals surface area (Å²) < 4.78 is 0. The molecule has 1 amide bonds. The number of carbonyl (C=O) groups is 1. The van der Waals surface area contributed by atoms with Gasteiger partial charge in [-0.3, -0.25) is 9.69 Å². The molecule has 1 fully saturated rings. The molecule has 0 spiro atoms. The Morgan fingerprint density at radius 3 is 1.81 bits per heavy atom. The number of aliphatic hydroxyl groups is 1. The number of aliphatic hydroxyl groups excluding tert-OH is 1. The molecule has 1 aliphatic heterocycles. The molecular formula is C27H54N2O2. The van der Waals surface area contributed by atoms with Crippen molar-refractivity contribution < 1.29 is 9.90 Å². The minimum Gasteiger partial charge on any atom is -0.396 e. The summed E-state index contributed by atoms with van der Waals surface area (Å²) >= 11 is 0. The van der Waals surface area contributed by atoms with E-state index in [0.29, 0.717) is 6.04 Å². The van der Waals surface area contributed by atoms with Crippen molar-refractivity contribution in [1.29, 1.82) is 0 Å². The Bertz CT molecular complexity index is 389. The van der Waals surface area contributed by atoms with Gasteiger partial charge in [0.05, 0.1) is 6.67 Å². The lowest BCUT2D eigenvalue weighted by Crippen LogP contribution is -2.46. The van der Waals surface area contributed by atoms with Gasteiger partial charge in [0.15, 0.2) is 0 Å². The second kappa shape index (κ2) is 21.2. The van der Waals surface area contributed by atoms with Gasteiger partial charge < -0.3 is 10.0 Å². The average Bonchev–Trinajstić information content (AvgIpc) is 2.79. The summed E-state index contributed by atoms with van der Waals surface area (Å²) in [6.07, 6.45) is 27.6. The molecule has 0 aliphatic carbocycles. The van der Waals surface area contributed by atoms with E-state index in [0.717, 1.165) is 45.4 Å². The summed E-state index contributed by atoms with van der Waals surface area (Å²) in [6, 6.07) is 0.451. The maximum Gasteiger partial charge on any atom is 0.210 e. The third kappa shape index (κ3) is 15.8. The van der Waals surface area contributed by atoms with Gasteiger partial charge in [0.2, 0.25) is 6.41 Å². The molecule has 1 rings (SSSR count). The smallest absolute Gasteiger partial charge is 0.210 e. The second-order valence-corrected chi connectivity index (χ2v) is 9.84. The molecule has 0 radical (unpaired) electrons. The van der Waals surface area contributed by atoms with Crippen LogP contribution in [0.15, 0.2) is 0 Å². The lowest BCUT2D eigenvalue weighted by molar-refractivity contribution is -0.121. The molecule has 184 valence electrons. The third-order valence-corrected chi connectivity index (χ3v) is 7.02. The Labute approximate surface area is 194 Å². The van der Waals surface area contributed by atoms with E-state index in [1.807, 2.05) is 4.90 Å². The Morgan fingerprint density at radius 2 is 1.32 bits per heavy atom. The fraction of sp³-hybridized carbons (Fsp3) is 0.963. The van der Waals surface area contributed by atoms with E-state index in [1.165, 1.54) is 109 Å². The summed E-state index contributed by atoms with van der Waals surface area (Å²) in [5, 5.41) is 9.28. The van der Waals surface area contributed by atoms with E-state index >= 15 is 0 Å². The first kappa shape index (κ1) is 28.4. The zero-order chi connectivity index (χ0) is 22.4. The standard InChI is InChI=1S/C27H54N2O2/c1-2-3-4-5-6-7-8-9-10-11-12-13-14-15-16-18-22-28(26-31)25-29-23-19-17-20-27(29)21-24-30/h26-27,30H,2-25H2,1H3. The number of nitrogens with zero attached hydrogens (tertiary/aromatic N) is 2. The van der Waals surface area contributed by atoms with Gasteiger partial charge in [-0.1, -0.05) is 110 Å². The fourth-order valence-corrected chi connectivity index (χ4v) is 4.98. The second-order valence-electron chi connectivity index (χ2n) is 9.84. The van der Waals surface area contributed by atoms with Crippen LogP contribution in [0.1, 0.15) is 135 Å². The number of rotatable bonds is 22. The van der Waals surface area contributed by atoms with Crippen LogP contribution < -0.4 is 0 Å². The van der Waals surface area contributed by atoms with Crippen molar-refractivity contribution in [3.8, 4) is 0 Å². The van der Waals surface area contributed by atoms with Crippen LogP contribution in [0.2, 0.25) is 0 Å². The first-order valence-corrected chi connectivity index (χ1v) is 13.9. The maximum absolute atomic E-state index is 11.5. The molecule has 0 aromatic carbocycles. The maximum atomic E-state index is 11.5. The van der Waals surface area contributed by atoms with E-state index in [-0.39, 0.29) is 6.61 Å². The topological polar surface area (TPSA) is 43.8 Å². The van der Waals surface area contributed by atoms with Gasteiger partial charge in [-0.05, 0) is 25.7 Å². The lowest BCUT2D eigenvalue weighted by Gasteiger charge is -2.38. The highest BCUT2D eigenvalue weighted by Gasteiger charge is 2.23. The van der Waals surface area contributed by atoms with E-state index < -0.39 is 0 Å². The van der Waals surface area contributed by atoms with Crippen LogP contribution in [0, 0.1) is 0 Å². The molecule has 0 aromatic rings. The fourth-order valence-electron chi connectivity index (χ4n) is 4.98. The number of hydrogen-bond donors (Lipinski definition) is 1. The van der Waals surface area contributed by atoms with Crippen LogP contribution in [0.4, 0.5) is 0 Å². The SMILES string of the molecule is CCCCCCCCCCCCCCCCCCN(C=O)CN1CCCCC1CCO. The zero-order valence-corrected chi connectivity index (χ0v) is 20.9. The Balaban J connectivity index is 1.89. The van der Waals surface area contributed by atoms with Crippen LogP contribution in [-0.2, 0) is 4.79 Å². The molecule has 31 heavy (non-hydrogen) atoms. The van der Waals surface area contributed by atoms with Crippen molar-refractivity contribution in [2.24, 2.45) is 0 Å². The van der Waals surface area contributed by atoms with Gasteiger partial charge in [0.25, 0.3) is 0 Å². The molecule has 1 unspecified atom stereocenters. The number of likely N-dealkylation sites (tertiary alicyclic amines) is 1. The molecule has 1 N–H and O–H groups in total. The first-order chi connectivity index (χ1) is 15.3. The highest BCUT2D eigenvalue weighted by atomic mass is 16.3. The quantitative estimate of drug-likeness (QED) is 0.148. The molecule has 0 saturated carbocycles. The van der Waals surface area contributed by atoms with Crippen molar-refractivity contribution >= 4 is 6.41 Å². The summed E-state index contributed by atoms with van der Waals surface area (Å²) in [5.41, 5.74) is 0. The molecule has 1 saturated heterocycles. The molecule has 1 heterocycles. The van der Waals surface area contributed by atoms with E-state index in [2.05, 4.69) is 11.8 Å². The summed E-state index contributed by atoms with van der Waals surface area (Å²) in [6.45, 7) is 5.22. The molecule has 1 aliphatic rings. The molecule has 1 atom stereocenters. The van der Waals surface area contributed by atoms with E-state index in [1.54, 1.807) is 0 Å². The third-order valence-electron chi connectivity index (χ3n) is 7.02. The summed E-state index contributed by atoms with van der Waals surface area (Å²) in [5.74, 6) is 0. The van der Waals surface area contributed by atoms with E-state index in [9.17, 15) is 9.90 Å². The molecule has 4 heteroatoms. The zero-order valence-electron chi connectivity index (χ0n) is 20.9. The van der Waals surface area contributed by atoms with Gasteiger partial charge in [0.1, 0.15) is 0 Å². The molecule has 0 bridgehead atoms. The van der Waals surface area contributed by atoms with Crippen molar-refractivity contribution in [3.63, 3.8) is 0 Å². The van der Waals surface area contributed by atoms with Crippen molar-refractivity contribution in [1.82, 2.24) is 9.80 Å². The minimum atomic E-state index is 0.251. The van der Waals surface area contributed by atoms with Gasteiger partial charge in [-0.25, -0.2) is 0 Å². The normalized spacial score (nSPS) is 17.2. The highest BCUT2D eigenvalue weighted by Crippen LogP contribution is 2.20. The van der Waals surface area contributed by atoms with Crippen molar-refractivity contribution in [3.05, 3.63) is 0 Å². The largest absolute Gasteiger partial charge is 0.396 e. The van der Waals surface area contributed by atoms with Crippen LogP contribution in [0.3, 0.4) is 0 Å². The van der Waals surface area contributed by atoms with Crippen molar-refractivity contribution in [2.75, 3.05) is 26.4 Å². The summed E-state index contributed by atoms with van der Waals surface area (Å²) in [4.78, 5) is 15.8. The number of unbranched alkanes of at least 4 members (excludes halogenated alkanes) is 15. The molecule has 0 aromatic heterocycles. The van der Waals surface area contributed by atoms with Crippen LogP contribution in [0.5, 0.6) is 0 Å². The molecular weight excluding hydrogens is 384 g/mol. The predicted octanol–water partition coefficient (Wildman–Crippen LogP) is 6.90. The van der Waals surface area contributed by atoms with Crippen LogP contribution >= 0.6 is 0 Å². The monoisotopic (exact) mass is 438 g/mol. The number of amides is 1. The van der Waals surface area contributed by atoms with Crippen molar-refractivity contribution in [2.45, 2.75) is 141 Å². The van der Waals surface area contributed by atoms with Crippen LogP contribution in [0.25, 0.3) is 0 Å². The minimum absolute atomic E-state index is 0.251. The first-order valence-electron chi connectivity index (χ1n) is 13.9. The highest BCUT2D eigenvalue weighted by molar-refractivity contribution is 5.46. The van der Waals surface area contributed by atoms with Gasteiger partial charge in [-0.2, -0.15) is 0 Å². The van der Waals surface area contributed by atoms with Gasteiger partial charge in [-0.15, -0.1) is 0 Å². The van der Waals surface area contributed by atoms with Gasteiger partial charge in [0, 0.05) is 25.7 Å². The lowest BCUT2D eigenvalue weighted by atomic mass is 10.0. The Hall–Kier alpha value is -0.610. The number of hydrogen-bond acceptors (Lipinski definition) is 3. The van der Waals surface area contributed by atoms with E-state index in [4.69, 9.17) is 0 Å².